The largest absolute Gasteiger partial charge is 0.378 e. The Balaban J connectivity index is 1.38. The van der Waals surface area contributed by atoms with E-state index in [2.05, 4.69) is 14.9 Å². The molecule has 1 N–H and O–H groups in total. The number of amides is 2. The van der Waals surface area contributed by atoms with E-state index in [9.17, 15) is 9.59 Å². The van der Waals surface area contributed by atoms with E-state index >= 15 is 0 Å². The Bertz CT molecular complexity index is 888. The molecule has 2 aliphatic heterocycles. The van der Waals surface area contributed by atoms with Crippen LogP contribution in [0.5, 0.6) is 0 Å². The minimum Gasteiger partial charge on any atom is -0.378 e. The highest BCUT2D eigenvalue weighted by molar-refractivity contribution is 6.31. The monoisotopic (exact) mass is 391 g/mol. The second-order valence-corrected chi connectivity index (χ2v) is 7.26. The van der Waals surface area contributed by atoms with Crippen LogP contribution in [0.15, 0.2) is 23.0 Å². The van der Waals surface area contributed by atoms with E-state index in [-0.39, 0.29) is 11.6 Å². The SMILES string of the molecule is O=C(N1CCOCC1)N1CCN(Cc2nc3cc(Cl)ccc3c(=O)[nH]2)CC1. The van der Waals surface area contributed by atoms with Gasteiger partial charge in [0.25, 0.3) is 5.56 Å². The average Bonchev–Trinajstić information content (AvgIpc) is 2.68. The van der Waals surface area contributed by atoms with Gasteiger partial charge in [-0.05, 0) is 18.2 Å². The number of carbonyl (C=O) groups excluding carboxylic acids is 1. The van der Waals surface area contributed by atoms with Gasteiger partial charge in [-0.3, -0.25) is 9.69 Å². The second kappa shape index (κ2) is 7.84. The van der Waals surface area contributed by atoms with Crippen molar-refractivity contribution in [3.8, 4) is 0 Å². The summed E-state index contributed by atoms with van der Waals surface area (Å²) < 4.78 is 5.30. The summed E-state index contributed by atoms with van der Waals surface area (Å²) in [6.07, 6.45) is 0. The third-order valence-corrected chi connectivity index (χ3v) is 5.25. The number of fused-ring (bicyclic) bond motifs is 1. The topological polar surface area (TPSA) is 81.8 Å². The van der Waals surface area contributed by atoms with E-state index in [0.717, 1.165) is 13.1 Å². The first kappa shape index (κ1) is 18.2. The van der Waals surface area contributed by atoms with E-state index in [1.807, 2.05) is 9.80 Å². The van der Waals surface area contributed by atoms with Gasteiger partial charge in [0.15, 0.2) is 0 Å². The number of benzene rings is 1. The molecule has 0 saturated carbocycles. The molecule has 1 aromatic heterocycles. The number of carbonyl (C=O) groups is 1. The Kier molecular flexibility index (Phi) is 5.29. The summed E-state index contributed by atoms with van der Waals surface area (Å²) in [6, 6.07) is 5.16. The first-order valence-electron chi connectivity index (χ1n) is 9.12. The van der Waals surface area contributed by atoms with Crippen LogP contribution in [0.4, 0.5) is 4.79 Å². The maximum atomic E-state index is 12.5. The normalized spacial score (nSPS) is 18.9. The zero-order chi connectivity index (χ0) is 18.8. The van der Waals surface area contributed by atoms with Crippen LogP contribution in [0, 0.1) is 0 Å². The molecule has 1 aromatic carbocycles. The molecule has 0 radical (unpaired) electrons. The molecule has 0 bridgehead atoms. The Morgan fingerprint density at radius 3 is 2.56 bits per heavy atom. The fourth-order valence-corrected chi connectivity index (χ4v) is 3.67. The molecule has 9 heteroatoms. The number of morpholine rings is 1. The van der Waals surface area contributed by atoms with Gasteiger partial charge in [0.2, 0.25) is 0 Å². The number of H-pyrrole nitrogens is 1. The first-order valence-corrected chi connectivity index (χ1v) is 9.50. The minimum absolute atomic E-state index is 0.0878. The lowest BCUT2D eigenvalue weighted by molar-refractivity contribution is 0.0371. The molecular weight excluding hydrogens is 370 g/mol. The van der Waals surface area contributed by atoms with Gasteiger partial charge in [-0.15, -0.1) is 0 Å². The molecule has 27 heavy (non-hydrogen) atoms. The van der Waals surface area contributed by atoms with Crippen molar-refractivity contribution < 1.29 is 9.53 Å². The van der Waals surface area contributed by atoms with Crippen molar-refractivity contribution in [1.29, 1.82) is 0 Å². The zero-order valence-electron chi connectivity index (χ0n) is 15.0. The Labute approximate surface area is 161 Å². The van der Waals surface area contributed by atoms with Crippen LogP contribution in [0.3, 0.4) is 0 Å². The molecule has 2 aliphatic rings. The van der Waals surface area contributed by atoms with Gasteiger partial charge < -0.3 is 19.5 Å². The average molecular weight is 392 g/mol. The van der Waals surface area contributed by atoms with Crippen molar-refractivity contribution in [3.05, 3.63) is 39.4 Å². The molecule has 0 unspecified atom stereocenters. The number of piperazine rings is 1. The van der Waals surface area contributed by atoms with Crippen molar-refractivity contribution in [2.75, 3.05) is 52.5 Å². The predicted molar refractivity (Wildman–Crippen MR) is 102 cm³/mol. The summed E-state index contributed by atoms with van der Waals surface area (Å²) in [6.45, 7) is 5.89. The van der Waals surface area contributed by atoms with Crippen LogP contribution in [0.25, 0.3) is 10.9 Å². The van der Waals surface area contributed by atoms with Crippen LogP contribution in [-0.2, 0) is 11.3 Å². The molecule has 0 spiro atoms. The van der Waals surface area contributed by atoms with E-state index in [1.54, 1.807) is 18.2 Å². The highest BCUT2D eigenvalue weighted by Crippen LogP contribution is 2.15. The number of ether oxygens (including phenoxy) is 1. The van der Waals surface area contributed by atoms with E-state index < -0.39 is 0 Å². The number of hydrogen-bond acceptors (Lipinski definition) is 5. The van der Waals surface area contributed by atoms with Crippen molar-refractivity contribution in [2.24, 2.45) is 0 Å². The fourth-order valence-electron chi connectivity index (χ4n) is 3.50. The molecule has 2 fully saturated rings. The predicted octanol–water partition coefficient (Wildman–Crippen LogP) is 1.15. The lowest BCUT2D eigenvalue weighted by Gasteiger charge is -2.38. The van der Waals surface area contributed by atoms with Crippen molar-refractivity contribution >= 4 is 28.5 Å². The number of urea groups is 1. The van der Waals surface area contributed by atoms with Gasteiger partial charge in [-0.25, -0.2) is 9.78 Å². The lowest BCUT2D eigenvalue weighted by atomic mass is 10.2. The van der Waals surface area contributed by atoms with Gasteiger partial charge in [0.1, 0.15) is 5.82 Å². The van der Waals surface area contributed by atoms with E-state index in [1.165, 1.54) is 0 Å². The molecule has 2 saturated heterocycles. The molecule has 0 atom stereocenters. The molecule has 3 heterocycles. The van der Waals surface area contributed by atoms with Crippen LogP contribution in [0.1, 0.15) is 5.82 Å². The molecule has 2 aromatic rings. The Hall–Kier alpha value is -2.16. The maximum Gasteiger partial charge on any atom is 0.320 e. The maximum absolute atomic E-state index is 12.5. The highest BCUT2D eigenvalue weighted by Gasteiger charge is 2.26. The van der Waals surface area contributed by atoms with E-state index in [0.29, 0.717) is 67.7 Å². The fraction of sp³-hybridized carbons (Fsp3) is 0.500. The van der Waals surface area contributed by atoms with Crippen LogP contribution in [0.2, 0.25) is 5.02 Å². The number of halogens is 1. The molecule has 2 amide bonds. The number of hydrogen-bond donors (Lipinski definition) is 1. The Morgan fingerprint density at radius 2 is 1.81 bits per heavy atom. The molecule has 8 nitrogen and oxygen atoms in total. The first-order chi connectivity index (χ1) is 13.1. The number of nitrogens with one attached hydrogen (secondary N) is 1. The van der Waals surface area contributed by atoms with Crippen LogP contribution in [-0.4, -0.2) is 83.2 Å². The summed E-state index contributed by atoms with van der Waals surface area (Å²) in [5, 5.41) is 1.09. The quantitative estimate of drug-likeness (QED) is 0.830. The second-order valence-electron chi connectivity index (χ2n) is 6.82. The number of rotatable bonds is 2. The summed E-state index contributed by atoms with van der Waals surface area (Å²) in [5.41, 5.74) is 0.440. The Morgan fingerprint density at radius 1 is 1.11 bits per heavy atom. The third kappa shape index (κ3) is 4.07. The smallest absolute Gasteiger partial charge is 0.320 e. The third-order valence-electron chi connectivity index (χ3n) is 5.02. The molecular formula is C18H22ClN5O3. The number of nitrogens with zero attached hydrogens (tertiary/aromatic N) is 4. The molecule has 0 aliphatic carbocycles. The van der Waals surface area contributed by atoms with Gasteiger partial charge in [-0.1, -0.05) is 11.6 Å². The molecule has 144 valence electrons. The van der Waals surface area contributed by atoms with Gasteiger partial charge in [0.05, 0.1) is 30.7 Å². The van der Waals surface area contributed by atoms with Gasteiger partial charge in [-0.2, -0.15) is 0 Å². The zero-order valence-corrected chi connectivity index (χ0v) is 15.7. The number of aromatic nitrogens is 2. The van der Waals surface area contributed by atoms with Crippen molar-refractivity contribution in [3.63, 3.8) is 0 Å². The summed E-state index contributed by atoms with van der Waals surface area (Å²) in [7, 11) is 0. The number of aromatic amines is 1. The summed E-state index contributed by atoms with van der Waals surface area (Å²) in [5.74, 6) is 0.614. The van der Waals surface area contributed by atoms with Gasteiger partial charge in [0, 0.05) is 44.3 Å². The van der Waals surface area contributed by atoms with Crippen molar-refractivity contribution in [1.82, 2.24) is 24.7 Å². The standard InChI is InChI=1S/C18H22ClN5O3/c19-13-1-2-14-15(11-13)20-16(21-17(14)25)12-22-3-5-23(6-4-22)18(26)24-7-9-27-10-8-24/h1-2,11H,3-10,12H2,(H,20,21,25). The lowest BCUT2D eigenvalue weighted by Crippen LogP contribution is -2.54. The minimum atomic E-state index is -0.159. The molecule has 4 rings (SSSR count). The summed E-state index contributed by atoms with van der Waals surface area (Å²) in [4.78, 5) is 38.1. The van der Waals surface area contributed by atoms with Crippen molar-refractivity contribution in [2.45, 2.75) is 6.54 Å². The van der Waals surface area contributed by atoms with Crippen LogP contribution < -0.4 is 5.56 Å². The summed E-state index contributed by atoms with van der Waals surface area (Å²) >= 11 is 6.01. The van der Waals surface area contributed by atoms with Crippen LogP contribution >= 0.6 is 11.6 Å². The van der Waals surface area contributed by atoms with Gasteiger partial charge >= 0.3 is 6.03 Å². The van der Waals surface area contributed by atoms with E-state index in [4.69, 9.17) is 16.3 Å². The highest BCUT2D eigenvalue weighted by atomic mass is 35.5.